The minimum atomic E-state index is -4.28. The first-order chi connectivity index (χ1) is 3.85. The van der Waals surface area contributed by atoms with E-state index in [-0.39, 0.29) is 0 Å². The van der Waals surface area contributed by atoms with E-state index in [9.17, 15) is 4.57 Å². The highest BCUT2D eigenvalue weighted by atomic mass is 31.2. The molecule has 0 aromatic carbocycles. The van der Waals surface area contributed by atoms with E-state index in [1.165, 1.54) is 0 Å². The maximum Gasteiger partial charge on any atom is 0.337 e. The molecule has 0 aromatic heterocycles. The Morgan fingerprint density at radius 1 is 1.44 bits per heavy atom. The van der Waals surface area contributed by atoms with Gasteiger partial charge in [0.05, 0.1) is 0 Å². The van der Waals surface area contributed by atoms with Crippen LogP contribution in [0.5, 0.6) is 0 Å². The molecular formula is C2H8O5P2. The minimum absolute atomic E-state index is 1.09. The SMILES string of the molecule is CC(P(O)O)P(=O)(O)O. The molecule has 0 bridgehead atoms. The van der Waals surface area contributed by atoms with Crippen LogP contribution in [0.2, 0.25) is 0 Å². The monoisotopic (exact) mass is 174 g/mol. The topological polar surface area (TPSA) is 98.0 Å². The summed E-state index contributed by atoms with van der Waals surface area (Å²) in [6, 6.07) is 0. The molecule has 0 saturated carbocycles. The van der Waals surface area contributed by atoms with Crippen molar-refractivity contribution in [2.45, 2.75) is 12.3 Å². The van der Waals surface area contributed by atoms with Gasteiger partial charge >= 0.3 is 7.60 Å². The van der Waals surface area contributed by atoms with Gasteiger partial charge in [0.2, 0.25) is 0 Å². The average molecular weight is 174 g/mol. The Morgan fingerprint density at radius 3 is 1.78 bits per heavy atom. The zero-order valence-corrected chi connectivity index (χ0v) is 6.46. The van der Waals surface area contributed by atoms with Gasteiger partial charge in [-0.1, -0.05) is 0 Å². The van der Waals surface area contributed by atoms with Crippen LogP contribution in [0.3, 0.4) is 0 Å². The lowest BCUT2D eigenvalue weighted by atomic mass is 11.0. The Hall–Kier alpha value is 0.500. The minimum Gasteiger partial charge on any atom is -0.349 e. The van der Waals surface area contributed by atoms with E-state index in [0.29, 0.717) is 0 Å². The van der Waals surface area contributed by atoms with E-state index < -0.39 is 21.4 Å². The third-order valence-corrected chi connectivity index (χ3v) is 3.99. The zero-order chi connectivity index (χ0) is 7.65. The van der Waals surface area contributed by atoms with Crippen molar-refractivity contribution in [2.24, 2.45) is 0 Å². The van der Waals surface area contributed by atoms with Crippen molar-refractivity contribution in [2.75, 3.05) is 0 Å². The van der Waals surface area contributed by atoms with Gasteiger partial charge in [-0.3, -0.25) is 4.57 Å². The predicted molar refractivity (Wildman–Crippen MR) is 32.9 cm³/mol. The number of hydrogen-bond donors (Lipinski definition) is 4. The fourth-order valence-electron chi connectivity index (χ4n) is 0.135. The summed E-state index contributed by atoms with van der Waals surface area (Å²) < 4.78 is 10.2. The van der Waals surface area contributed by atoms with E-state index in [1.54, 1.807) is 0 Å². The summed E-state index contributed by atoms with van der Waals surface area (Å²) in [5, 5.41) is -1.34. The molecule has 0 aliphatic heterocycles. The molecule has 1 atom stereocenters. The highest BCUT2D eigenvalue weighted by Crippen LogP contribution is 2.54. The van der Waals surface area contributed by atoms with Crippen LogP contribution in [-0.4, -0.2) is 25.0 Å². The molecule has 0 saturated heterocycles. The van der Waals surface area contributed by atoms with E-state index >= 15 is 0 Å². The van der Waals surface area contributed by atoms with Crippen molar-refractivity contribution in [1.82, 2.24) is 0 Å². The lowest BCUT2D eigenvalue weighted by Crippen LogP contribution is -1.99. The Bertz CT molecular complexity index is 127. The molecule has 1 unspecified atom stereocenters. The molecular weight excluding hydrogens is 166 g/mol. The van der Waals surface area contributed by atoms with Gasteiger partial charge in [-0.25, -0.2) is 0 Å². The Kier molecular flexibility index (Phi) is 3.23. The highest BCUT2D eigenvalue weighted by Gasteiger charge is 2.30. The summed E-state index contributed by atoms with van der Waals surface area (Å²) in [7, 11) is -6.80. The van der Waals surface area contributed by atoms with Crippen molar-refractivity contribution in [3.63, 3.8) is 0 Å². The highest BCUT2D eigenvalue weighted by molar-refractivity contribution is 7.67. The third kappa shape index (κ3) is 3.26. The van der Waals surface area contributed by atoms with Gasteiger partial charge in [0, 0.05) is 0 Å². The van der Waals surface area contributed by atoms with Crippen LogP contribution in [0, 0.1) is 0 Å². The van der Waals surface area contributed by atoms with Crippen molar-refractivity contribution in [1.29, 1.82) is 0 Å². The molecule has 5 nitrogen and oxygen atoms in total. The molecule has 4 N–H and O–H groups in total. The zero-order valence-electron chi connectivity index (χ0n) is 4.67. The lowest BCUT2D eigenvalue weighted by Gasteiger charge is -2.12. The van der Waals surface area contributed by atoms with E-state index in [1.807, 2.05) is 0 Å². The second-order valence-corrected chi connectivity index (χ2v) is 5.32. The number of hydrogen-bond acceptors (Lipinski definition) is 3. The largest absolute Gasteiger partial charge is 0.349 e. The van der Waals surface area contributed by atoms with Crippen molar-refractivity contribution in [3.8, 4) is 0 Å². The van der Waals surface area contributed by atoms with Gasteiger partial charge in [-0.15, -0.1) is 0 Å². The van der Waals surface area contributed by atoms with Crippen LogP contribution >= 0.6 is 16.0 Å². The van der Waals surface area contributed by atoms with Crippen LogP contribution in [0.4, 0.5) is 0 Å². The summed E-state index contributed by atoms with van der Waals surface area (Å²) in [5.74, 6) is 0. The summed E-state index contributed by atoms with van der Waals surface area (Å²) in [4.78, 5) is 33.1. The normalized spacial score (nSPS) is 16.2. The molecule has 0 aromatic rings. The van der Waals surface area contributed by atoms with Gasteiger partial charge in [-0.2, -0.15) is 0 Å². The second-order valence-electron chi connectivity index (χ2n) is 1.54. The number of rotatable bonds is 2. The van der Waals surface area contributed by atoms with Gasteiger partial charge in [0.25, 0.3) is 0 Å². The third-order valence-electron chi connectivity index (χ3n) is 0.821. The second kappa shape index (κ2) is 3.06. The fraction of sp³-hybridized carbons (Fsp3) is 1.00. The summed E-state index contributed by atoms with van der Waals surface area (Å²) in [5.41, 5.74) is 0. The average Bonchev–Trinajstić information content (AvgIpc) is 1.62. The quantitative estimate of drug-likeness (QED) is 0.435. The van der Waals surface area contributed by atoms with Gasteiger partial charge in [0.1, 0.15) is 5.40 Å². The van der Waals surface area contributed by atoms with Crippen molar-refractivity contribution >= 4 is 16.0 Å². The molecule has 0 radical (unpaired) electrons. The maximum atomic E-state index is 10.2. The molecule has 0 spiro atoms. The lowest BCUT2D eigenvalue weighted by molar-refractivity contribution is 0.365. The summed E-state index contributed by atoms with van der Waals surface area (Å²) in [6.07, 6.45) is 0. The maximum absolute atomic E-state index is 10.2. The first-order valence-electron chi connectivity index (χ1n) is 2.08. The van der Waals surface area contributed by atoms with Crippen molar-refractivity contribution < 1.29 is 24.1 Å². The first kappa shape index (κ1) is 9.50. The predicted octanol–water partition coefficient (Wildman–Crippen LogP) is -0.193. The van der Waals surface area contributed by atoms with E-state index in [4.69, 9.17) is 19.6 Å². The molecule has 0 heterocycles. The first-order valence-corrected chi connectivity index (χ1v) is 5.07. The van der Waals surface area contributed by atoms with Gasteiger partial charge in [-0.05, 0) is 6.92 Å². The van der Waals surface area contributed by atoms with Crippen LogP contribution in [0.1, 0.15) is 6.92 Å². The van der Waals surface area contributed by atoms with E-state index in [2.05, 4.69) is 0 Å². The van der Waals surface area contributed by atoms with E-state index in [0.717, 1.165) is 6.92 Å². The summed E-state index contributed by atoms with van der Waals surface area (Å²) in [6.45, 7) is 1.09. The molecule has 9 heavy (non-hydrogen) atoms. The van der Waals surface area contributed by atoms with Crippen LogP contribution in [-0.2, 0) is 4.57 Å². The molecule has 0 amide bonds. The van der Waals surface area contributed by atoms with Gasteiger partial charge in [0.15, 0.2) is 8.38 Å². The molecule has 7 heteroatoms. The van der Waals surface area contributed by atoms with Crippen LogP contribution in [0.25, 0.3) is 0 Å². The van der Waals surface area contributed by atoms with Crippen LogP contribution < -0.4 is 0 Å². The Balaban J connectivity index is 4.05. The standard InChI is InChI=1S/C2H8O5P2/c1-2(8(3)4)9(5,6)7/h2-4H,1H3,(H2,5,6,7). The molecule has 0 aliphatic carbocycles. The fourth-order valence-corrected chi connectivity index (χ4v) is 1.21. The molecule has 56 valence electrons. The van der Waals surface area contributed by atoms with Crippen molar-refractivity contribution in [3.05, 3.63) is 0 Å². The van der Waals surface area contributed by atoms with Gasteiger partial charge < -0.3 is 19.6 Å². The Labute approximate surface area is 53.4 Å². The molecule has 0 fully saturated rings. The van der Waals surface area contributed by atoms with Crippen LogP contribution in [0.15, 0.2) is 0 Å². The Morgan fingerprint density at radius 2 is 1.78 bits per heavy atom. The smallest absolute Gasteiger partial charge is 0.337 e. The molecule has 0 aliphatic rings. The summed E-state index contributed by atoms with van der Waals surface area (Å²) >= 11 is 0. The molecule has 0 rings (SSSR count).